The molecule has 132 valence electrons. The second kappa shape index (κ2) is 9.30. The molecule has 0 saturated heterocycles. The minimum absolute atomic E-state index is 0.0687. The lowest BCUT2D eigenvalue weighted by Crippen LogP contribution is -2.40. The minimum atomic E-state index is -0.0694. The highest BCUT2D eigenvalue weighted by atomic mass is 16.5. The van der Waals surface area contributed by atoms with Gasteiger partial charge in [0.2, 0.25) is 11.8 Å². The predicted molar refractivity (Wildman–Crippen MR) is 95.1 cm³/mol. The number of ether oxygens (including phenoxy) is 1. The van der Waals surface area contributed by atoms with Gasteiger partial charge in [-0.1, -0.05) is 25.7 Å². The SMILES string of the molecule is COc1ccc(NC(=O)CCN(C(C)=O)C2CCCCCC2)cc1. The van der Waals surface area contributed by atoms with Crippen molar-refractivity contribution < 1.29 is 14.3 Å². The Hall–Kier alpha value is -2.04. The molecule has 1 aliphatic rings. The monoisotopic (exact) mass is 332 g/mol. The quantitative estimate of drug-likeness (QED) is 0.810. The van der Waals surface area contributed by atoms with Gasteiger partial charge in [-0.3, -0.25) is 9.59 Å². The van der Waals surface area contributed by atoms with Gasteiger partial charge in [0.05, 0.1) is 7.11 Å². The number of hydrogen-bond acceptors (Lipinski definition) is 3. The van der Waals surface area contributed by atoms with Crippen LogP contribution in [-0.4, -0.2) is 36.4 Å². The maximum absolute atomic E-state index is 12.2. The molecule has 0 atom stereocenters. The Morgan fingerprint density at radius 2 is 1.75 bits per heavy atom. The van der Waals surface area contributed by atoms with Gasteiger partial charge in [0.15, 0.2) is 0 Å². The molecule has 0 heterocycles. The average Bonchev–Trinajstić information content (AvgIpc) is 2.85. The summed E-state index contributed by atoms with van der Waals surface area (Å²) >= 11 is 0. The molecule has 24 heavy (non-hydrogen) atoms. The van der Waals surface area contributed by atoms with E-state index in [-0.39, 0.29) is 11.8 Å². The summed E-state index contributed by atoms with van der Waals surface area (Å²) in [5, 5.41) is 2.87. The number of carbonyl (C=O) groups excluding carboxylic acids is 2. The number of nitrogens with one attached hydrogen (secondary N) is 1. The first-order valence-corrected chi connectivity index (χ1v) is 8.81. The van der Waals surface area contributed by atoms with E-state index >= 15 is 0 Å². The van der Waals surface area contributed by atoms with Crippen molar-refractivity contribution >= 4 is 17.5 Å². The fraction of sp³-hybridized carbons (Fsp3) is 0.579. The summed E-state index contributed by atoms with van der Waals surface area (Å²) in [7, 11) is 1.61. The van der Waals surface area contributed by atoms with Crippen LogP contribution in [0, 0.1) is 0 Å². The Labute approximate surface area is 144 Å². The molecule has 1 aromatic rings. The molecule has 0 radical (unpaired) electrons. The van der Waals surface area contributed by atoms with Crippen LogP contribution < -0.4 is 10.1 Å². The van der Waals surface area contributed by atoms with Gasteiger partial charge in [0.1, 0.15) is 5.75 Å². The van der Waals surface area contributed by atoms with Crippen LogP contribution in [0.1, 0.15) is 51.9 Å². The molecule has 5 nitrogen and oxygen atoms in total. The van der Waals surface area contributed by atoms with Gasteiger partial charge >= 0.3 is 0 Å². The van der Waals surface area contributed by atoms with Crippen molar-refractivity contribution in [2.75, 3.05) is 19.0 Å². The summed E-state index contributed by atoms with van der Waals surface area (Å²) in [6.07, 6.45) is 7.28. The summed E-state index contributed by atoms with van der Waals surface area (Å²) in [6, 6.07) is 7.53. The number of rotatable bonds is 6. The van der Waals surface area contributed by atoms with E-state index in [0.29, 0.717) is 19.0 Å². The second-order valence-corrected chi connectivity index (χ2v) is 6.38. The summed E-state index contributed by atoms with van der Waals surface area (Å²) in [5.41, 5.74) is 0.740. The molecule has 1 aliphatic carbocycles. The maximum Gasteiger partial charge on any atom is 0.226 e. The van der Waals surface area contributed by atoms with Crippen LogP contribution in [0.5, 0.6) is 5.75 Å². The summed E-state index contributed by atoms with van der Waals surface area (Å²) in [5.74, 6) is 0.753. The average molecular weight is 332 g/mol. The standard InChI is InChI=1S/C19H28N2O3/c1-15(22)21(17-7-5-3-4-6-8-17)14-13-19(23)20-16-9-11-18(24-2)12-10-16/h9-12,17H,3-8,13-14H2,1-2H3,(H,20,23). The van der Waals surface area contributed by atoms with Gasteiger partial charge in [0.25, 0.3) is 0 Å². The van der Waals surface area contributed by atoms with E-state index < -0.39 is 0 Å². The van der Waals surface area contributed by atoms with Crippen LogP contribution in [0.3, 0.4) is 0 Å². The van der Waals surface area contributed by atoms with Crippen molar-refractivity contribution in [3.8, 4) is 5.75 Å². The van der Waals surface area contributed by atoms with Crippen molar-refractivity contribution in [2.45, 2.75) is 57.9 Å². The largest absolute Gasteiger partial charge is 0.497 e. The molecule has 0 spiro atoms. The van der Waals surface area contributed by atoms with Gasteiger partial charge < -0.3 is 15.0 Å². The fourth-order valence-electron chi connectivity index (χ4n) is 3.29. The zero-order valence-electron chi connectivity index (χ0n) is 14.7. The van der Waals surface area contributed by atoms with E-state index in [1.54, 1.807) is 14.0 Å². The highest BCUT2D eigenvalue weighted by Crippen LogP contribution is 2.22. The molecule has 0 bridgehead atoms. The van der Waals surface area contributed by atoms with Crippen LogP contribution in [0.15, 0.2) is 24.3 Å². The van der Waals surface area contributed by atoms with Gasteiger partial charge in [0, 0.05) is 31.6 Å². The third-order valence-electron chi connectivity index (χ3n) is 4.62. The van der Waals surface area contributed by atoms with Crippen molar-refractivity contribution in [2.24, 2.45) is 0 Å². The van der Waals surface area contributed by atoms with E-state index in [4.69, 9.17) is 4.74 Å². The maximum atomic E-state index is 12.2. The van der Waals surface area contributed by atoms with Gasteiger partial charge in [-0.2, -0.15) is 0 Å². The first-order chi connectivity index (χ1) is 11.6. The Balaban J connectivity index is 1.85. The molecule has 0 aromatic heterocycles. The smallest absolute Gasteiger partial charge is 0.226 e. The van der Waals surface area contributed by atoms with Crippen LogP contribution in [-0.2, 0) is 9.59 Å². The number of carbonyl (C=O) groups is 2. The third-order valence-corrected chi connectivity index (χ3v) is 4.62. The fourth-order valence-corrected chi connectivity index (χ4v) is 3.29. The van der Waals surface area contributed by atoms with Crippen molar-refractivity contribution in [1.82, 2.24) is 4.90 Å². The Morgan fingerprint density at radius 1 is 1.12 bits per heavy atom. The van der Waals surface area contributed by atoms with Crippen LogP contribution in [0.25, 0.3) is 0 Å². The Morgan fingerprint density at radius 3 is 2.29 bits per heavy atom. The van der Waals surface area contributed by atoms with E-state index in [9.17, 15) is 9.59 Å². The van der Waals surface area contributed by atoms with E-state index in [1.165, 1.54) is 25.7 Å². The van der Waals surface area contributed by atoms with Gasteiger partial charge in [-0.05, 0) is 37.1 Å². The lowest BCUT2D eigenvalue weighted by Gasteiger charge is -2.30. The third kappa shape index (κ3) is 5.55. The molecule has 1 N–H and O–H groups in total. The molecule has 2 amide bonds. The summed E-state index contributed by atoms with van der Waals surface area (Å²) in [4.78, 5) is 26.0. The first kappa shape index (κ1) is 18.3. The summed E-state index contributed by atoms with van der Waals surface area (Å²) < 4.78 is 5.10. The number of benzene rings is 1. The molecule has 2 rings (SSSR count). The Bertz CT molecular complexity index is 534. The van der Waals surface area contributed by atoms with Crippen LogP contribution in [0.2, 0.25) is 0 Å². The number of amides is 2. The van der Waals surface area contributed by atoms with Crippen LogP contribution >= 0.6 is 0 Å². The predicted octanol–water partition coefficient (Wildman–Crippen LogP) is 3.60. The van der Waals surface area contributed by atoms with Crippen molar-refractivity contribution in [3.63, 3.8) is 0 Å². The highest BCUT2D eigenvalue weighted by molar-refractivity contribution is 5.91. The number of anilines is 1. The lowest BCUT2D eigenvalue weighted by atomic mass is 10.1. The minimum Gasteiger partial charge on any atom is -0.497 e. The molecule has 1 saturated carbocycles. The van der Waals surface area contributed by atoms with Gasteiger partial charge in [-0.25, -0.2) is 0 Å². The number of nitrogens with zero attached hydrogens (tertiary/aromatic N) is 1. The molecule has 0 unspecified atom stereocenters. The van der Waals surface area contributed by atoms with Gasteiger partial charge in [-0.15, -0.1) is 0 Å². The zero-order chi connectivity index (χ0) is 17.4. The normalized spacial score (nSPS) is 15.4. The highest BCUT2D eigenvalue weighted by Gasteiger charge is 2.22. The van der Waals surface area contributed by atoms with Crippen molar-refractivity contribution in [3.05, 3.63) is 24.3 Å². The van der Waals surface area contributed by atoms with E-state index in [2.05, 4.69) is 5.32 Å². The molecular weight excluding hydrogens is 304 g/mol. The Kier molecular flexibility index (Phi) is 7.09. The van der Waals surface area contributed by atoms with Crippen LogP contribution in [0.4, 0.5) is 5.69 Å². The van der Waals surface area contributed by atoms with E-state index in [1.807, 2.05) is 29.2 Å². The number of methoxy groups -OCH3 is 1. The van der Waals surface area contributed by atoms with Crippen molar-refractivity contribution in [1.29, 1.82) is 0 Å². The zero-order valence-corrected chi connectivity index (χ0v) is 14.7. The second-order valence-electron chi connectivity index (χ2n) is 6.38. The van der Waals surface area contributed by atoms with E-state index in [0.717, 1.165) is 24.3 Å². The molecule has 0 aliphatic heterocycles. The summed E-state index contributed by atoms with van der Waals surface area (Å²) in [6.45, 7) is 2.09. The molecule has 5 heteroatoms. The first-order valence-electron chi connectivity index (χ1n) is 8.81. The number of hydrogen-bond donors (Lipinski definition) is 1. The molecule has 1 fully saturated rings. The molecule has 1 aromatic carbocycles. The topological polar surface area (TPSA) is 58.6 Å². The molecular formula is C19H28N2O3. The lowest BCUT2D eigenvalue weighted by molar-refractivity contribution is -0.131.